The Morgan fingerprint density at radius 1 is 1.25 bits per heavy atom. The van der Waals surface area contributed by atoms with E-state index < -0.39 is 0 Å². The monoisotopic (exact) mass is 225 g/mol. The van der Waals surface area contributed by atoms with Gasteiger partial charge in [0.05, 0.1) is 0 Å². The van der Waals surface area contributed by atoms with Crippen molar-refractivity contribution in [1.29, 1.82) is 0 Å². The summed E-state index contributed by atoms with van der Waals surface area (Å²) >= 11 is 0. The zero-order valence-electron chi connectivity index (χ0n) is 11.4. The van der Waals surface area contributed by atoms with E-state index in [0.717, 1.165) is 12.5 Å². The molecule has 1 rings (SSSR count). The van der Waals surface area contributed by atoms with Crippen molar-refractivity contribution in [2.75, 3.05) is 20.1 Å². The summed E-state index contributed by atoms with van der Waals surface area (Å²) in [7, 11) is 2.15. The molecule has 1 aliphatic carbocycles. The van der Waals surface area contributed by atoms with Crippen LogP contribution in [0, 0.1) is 11.3 Å². The molecule has 1 fully saturated rings. The number of rotatable bonds is 5. The summed E-state index contributed by atoms with van der Waals surface area (Å²) in [4.78, 5) is 14.1. The zero-order chi connectivity index (χ0) is 12.2. The quantitative estimate of drug-likeness (QED) is 0.716. The number of nitrogens with zero attached hydrogens (tertiary/aromatic N) is 1. The molecule has 0 saturated heterocycles. The SMILES string of the molecule is CN(CCC(=O)C(C)(C)C)CC1CCCC1. The average molecular weight is 225 g/mol. The predicted octanol–water partition coefficient (Wildman–Crippen LogP) is 3.11. The van der Waals surface area contributed by atoms with E-state index in [9.17, 15) is 4.79 Å². The molecule has 0 radical (unpaired) electrons. The minimum absolute atomic E-state index is 0.172. The van der Waals surface area contributed by atoms with Gasteiger partial charge in [-0.2, -0.15) is 0 Å². The standard InChI is InChI=1S/C14H27NO/c1-14(2,3)13(16)9-10-15(4)11-12-7-5-6-8-12/h12H,5-11H2,1-4H3. The second kappa shape index (κ2) is 5.81. The van der Waals surface area contributed by atoms with Crippen molar-refractivity contribution >= 4 is 5.78 Å². The van der Waals surface area contributed by atoms with Crippen molar-refractivity contribution in [3.63, 3.8) is 0 Å². The molecule has 0 unspecified atom stereocenters. The molecule has 0 aliphatic heterocycles. The van der Waals surface area contributed by atoms with Crippen LogP contribution in [-0.2, 0) is 4.79 Å². The van der Waals surface area contributed by atoms with Gasteiger partial charge in [0.25, 0.3) is 0 Å². The number of hydrogen-bond donors (Lipinski definition) is 0. The van der Waals surface area contributed by atoms with Gasteiger partial charge in [0.15, 0.2) is 0 Å². The lowest BCUT2D eigenvalue weighted by molar-refractivity contribution is -0.126. The zero-order valence-corrected chi connectivity index (χ0v) is 11.4. The van der Waals surface area contributed by atoms with Gasteiger partial charge in [-0.15, -0.1) is 0 Å². The second-order valence-electron chi connectivity index (χ2n) is 6.34. The molecule has 0 N–H and O–H groups in total. The summed E-state index contributed by atoms with van der Waals surface area (Å²) in [5.41, 5.74) is -0.172. The third kappa shape index (κ3) is 4.65. The molecular formula is C14H27NO. The minimum atomic E-state index is -0.172. The van der Waals surface area contributed by atoms with E-state index in [1.54, 1.807) is 0 Å². The molecule has 0 aromatic heterocycles. The van der Waals surface area contributed by atoms with Gasteiger partial charge in [0.2, 0.25) is 0 Å². The first-order valence-corrected chi connectivity index (χ1v) is 6.61. The molecule has 1 saturated carbocycles. The molecule has 0 aromatic carbocycles. The first-order valence-electron chi connectivity index (χ1n) is 6.61. The lowest BCUT2D eigenvalue weighted by atomic mass is 9.89. The predicted molar refractivity (Wildman–Crippen MR) is 68.5 cm³/mol. The van der Waals surface area contributed by atoms with E-state index in [2.05, 4.69) is 11.9 Å². The fraction of sp³-hybridized carbons (Fsp3) is 0.929. The van der Waals surface area contributed by atoms with Crippen molar-refractivity contribution < 1.29 is 4.79 Å². The van der Waals surface area contributed by atoms with Crippen molar-refractivity contribution in [2.45, 2.75) is 52.9 Å². The number of carbonyl (C=O) groups excluding carboxylic acids is 1. The van der Waals surface area contributed by atoms with Gasteiger partial charge in [-0.25, -0.2) is 0 Å². The van der Waals surface area contributed by atoms with Gasteiger partial charge in [-0.1, -0.05) is 33.6 Å². The first kappa shape index (κ1) is 13.7. The Morgan fingerprint density at radius 3 is 2.31 bits per heavy atom. The van der Waals surface area contributed by atoms with Crippen molar-refractivity contribution in [3.05, 3.63) is 0 Å². The summed E-state index contributed by atoms with van der Waals surface area (Å²) in [6.07, 6.45) is 6.28. The molecule has 0 amide bonds. The normalized spacial score (nSPS) is 18.3. The van der Waals surface area contributed by atoms with Crippen LogP contribution in [0.2, 0.25) is 0 Å². The third-order valence-corrected chi connectivity index (χ3v) is 3.60. The Labute approximate surface area is 100 Å². The van der Waals surface area contributed by atoms with Crippen LogP contribution in [0.5, 0.6) is 0 Å². The molecule has 16 heavy (non-hydrogen) atoms. The van der Waals surface area contributed by atoms with Gasteiger partial charge in [-0.3, -0.25) is 4.79 Å². The fourth-order valence-electron chi connectivity index (χ4n) is 2.39. The highest BCUT2D eigenvalue weighted by atomic mass is 16.1. The maximum atomic E-state index is 11.8. The van der Waals surface area contributed by atoms with Crippen LogP contribution >= 0.6 is 0 Å². The van der Waals surface area contributed by atoms with Crippen LogP contribution in [-0.4, -0.2) is 30.8 Å². The lowest BCUT2D eigenvalue weighted by Gasteiger charge is -2.22. The Morgan fingerprint density at radius 2 is 1.81 bits per heavy atom. The molecule has 0 atom stereocenters. The van der Waals surface area contributed by atoms with Crippen molar-refractivity contribution in [1.82, 2.24) is 4.90 Å². The number of ketones is 1. The van der Waals surface area contributed by atoms with Crippen LogP contribution < -0.4 is 0 Å². The van der Waals surface area contributed by atoms with E-state index in [-0.39, 0.29) is 5.41 Å². The van der Waals surface area contributed by atoms with Gasteiger partial charge in [-0.05, 0) is 25.8 Å². The van der Waals surface area contributed by atoms with Crippen LogP contribution in [0.1, 0.15) is 52.9 Å². The topological polar surface area (TPSA) is 20.3 Å². The number of carbonyl (C=O) groups is 1. The summed E-state index contributed by atoms with van der Waals surface area (Å²) < 4.78 is 0. The number of Topliss-reactive ketones (excluding diaryl/α,β-unsaturated/α-hetero) is 1. The smallest absolute Gasteiger partial charge is 0.139 e. The highest BCUT2D eigenvalue weighted by molar-refractivity contribution is 5.83. The van der Waals surface area contributed by atoms with Gasteiger partial charge < -0.3 is 4.90 Å². The van der Waals surface area contributed by atoms with Crippen molar-refractivity contribution in [2.24, 2.45) is 11.3 Å². The van der Waals surface area contributed by atoms with E-state index >= 15 is 0 Å². The largest absolute Gasteiger partial charge is 0.306 e. The molecule has 0 spiro atoms. The molecule has 0 heterocycles. The third-order valence-electron chi connectivity index (χ3n) is 3.60. The van der Waals surface area contributed by atoms with E-state index in [1.807, 2.05) is 20.8 Å². The molecule has 2 heteroatoms. The summed E-state index contributed by atoms with van der Waals surface area (Å²) in [5.74, 6) is 1.26. The van der Waals surface area contributed by atoms with E-state index in [1.165, 1.54) is 32.2 Å². The van der Waals surface area contributed by atoms with Gasteiger partial charge >= 0.3 is 0 Å². The maximum Gasteiger partial charge on any atom is 0.139 e. The fourth-order valence-corrected chi connectivity index (χ4v) is 2.39. The first-order chi connectivity index (χ1) is 7.39. The summed E-state index contributed by atoms with van der Waals surface area (Å²) in [5, 5.41) is 0. The summed E-state index contributed by atoms with van der Waals surface area (Å²) in [6, 6.07) is 0. The Kier molecular flexibility index (Phi) is 4.97. The maximum absolute atomic E-state index is 11.8. The van der Waals surface area contributed by atoms with E-state index in [0.29, 0.717) is 12.2 Å². The van der Waals surface area contributed by atoms with Crippen molar-refractivity contribution in [3.8, 4) is 0 Å². The molecule has 0 bridgehead atoms. The molecule has 0 aromatic rings. The molecule has 2 nitrogen and oxygen atoms in total. The summed E-state index contributed by atoms with van der Waals surface area (Å²) in [6.45, 7) is 8.12. The van der Waals surface area contributed by atoms with Crippen LogP contribution in [0.4, 0.5) is 0 Å². The minimum Gasteiger partial charge on any atom is -0.306 e. The van der Waals surface area contributed by atoms with Crippen LogP contribution in [0.25, 0.3) is 0 Å². The Balaban J connectivity index is 2.19. The Bertz CT molecular complexity index is 223. The average Bonchev–Trinajstić information content (AvgIpc) is 2.65. The molecule has 94 valence electrons. The highest BCUT2D eigenvalue weighted by Crippen LogP contribution is 2.25. The molecule has 1 aliphatic rings. The van der Waals surface area contributed by atoms with Crippen LogP contribution in [0.3, 0.4) is 0 Å². The van der Waals surface area contributed by atoms with Gasteiger partial charge in [0.1, 0.15) is 5.78 Å². The van der Waals surface area contributed by atoms with E-state index in [4.69, 9.17) is 0 Å². The molecular weight excluding hydrogens is 198 g/mol. The number of hydrogen-bond acceptors (Lipinski definition) is 2. The highest BCUT2D eigenvalue weighted by Gasteiger charge is 2.22. The van der Waals surface area contributed by atoms with Crippen LogP contribution in [0.15, 0.2) is 0 Å². The van der Waals surface area contributed by atoms with Gasteiger partial charge in [0, 0.05) is 24.9 Å². The Hall–Kier alpha value is -0.370. The lowest BCUT2D eigenvalue weighted by Crippen LogP contribution is -2.30. The second-order valence-corrected chi connectivity index (χ2v) is 6.34.